The largest absolute Gasteiger partial charge is 0.494 e. The highest BCUT2D eigenvalue weighted by Crippen LogP contribution is 2.40. The molecule has 0 fully saturated rings. The van der Waals surface area contributed by atoms with Crippen LogP contribution in [0.4, 0.5) is 0 Å². The summed E-state index contributed by atoms with van der Waals surface area (Å²) in [6.45, 7) is -0.0799. The van der Waals surface area contributed by atoms with Crippen LogP contribution in [0.2, 0.25) is 0 Å². The lowest BCUT2D eigenvalue weighted by molar-refractivity contribution is -0.212. The second-order valence-electron chi connectivity index (χ2n) is 10.6. The molecule has 43 heavy (non-hydrogen) atoms. The van der Waals surface area contributed by atoms with Gasteiger partial charge < -0.3 is 29.9 Å². The summed E-state index contributed by atoms with van der Waals surface area (Å²) in [5.74, 6) is -2.53. The van der Waals surface area contributed by atoms with Gasteiger partial charge in [0.1, 0.15) is 0 Å². The lowest BCUT2D eigenvalue weighted by Crippen LogP contribution is -2.43. The average Bonchev–Trinajstić information content (AvgIpc) is 3.45. The molecule has 2 aliphatic carbocycles. The average molecular weight is 583 g/mol. The first-order valence-electron chi connectivity index (χ1n) is 14.5. The Kier molecular flexibility index (Phi) is 7.84. The molecule has 0 unspecified atom stereocenters. The number of nitrogens with zero attached hydrogens (tertiary/aromatic N) is 2. The van der Waals surface area contributed by atoms with Crippen molar-refractivity contribution in [1.82, 2.24) is 9.13 Å². The zero-order valence-corrected chi connectivity index (χ0v) is 23.6. The molecule has 0 aliphatic heterocycles. The van der Waals surface area contributed by atoms with Gasteiger partial charge in [-0.15, -0.1) is 0 Å². The van der Waals surface area contributed by atoms with Crippen molar-refractivity contribution in [2.24, 2.45) is 0 Å². The van der Waals surface area contributed by atoms with E-state index in [4.69, 9.17) is 9.47 Å². The Morgan fingerprint density at radius 3 is 1.60 bits per heavy atom. The monoisotopic (exact) mass is 582 g/mol. The SMILES string of the molecule is O=C(c1ccccc1)C(OCCn1c(O)c2c(c1O)CCC=C2)(OCCn1c(O)c2c(c1O)CCC=C2)c1ccccc1. The molecule has 222 valence electrons. The van der Waals surface area contributed by atoms with Gasteiger partial charge in [0.25, 0.3) is 5.79 Å². The van der Waals surface area contributed by atoms with E-state index in [1.54, 1.807) is 60.7 Å². The molecular weight excluding hydrogens is 548 g/mol. The summed E-state index contributed by atoms with van der Waals surface area (Å²) in [7, 11) is 0. The summed E-state index contributed by atoms with van der Waals surface area (Å²) in [5.41, 5.74) is 3.34. The lowest BCUT2D eigenvalue weighted by Gasteiger charge is -2.33. The van der Waals surface area contributed by atoms with E-state index in [1.807, 2.05) is 24.3 Å². The number of ether oxygens (including phenoxy) is 2. The second-order valence-corrected chi connectivity index (χ2v) is 10.6. The smallest absolute Gasteiger partial charge is 0.261 e. The Balaban J connectivity index is 1.32. The molecule has 0 amide bonds. The second kappa shape index (κ2) is 11.9. The van der Waals surface area contributed by atoms with Gasteiger partial charge in [-0.1, -0.05) is 85.0 Å². The molecule has 0 atom stereocenters. The molecule has 0 saturated carbocycles. The van der Waals surface area contributed by atoms with Gasteiger partial charge >= 0.3 is 0 Å². The maximum Gasteiger partial charge on any atom is 0.261 e. The minimum Gasteiger partial charge on any atom is -0.494 e. The molecule has 0 saturated heterocycles. The highest BCUT2D eigenvalue weighted by Gasteiger charge is 2.44. The first-order chi connectivity index (χ1) is 20.9. The van der Waals surface area contributed by atoms with E-state index < -0.39 is 11.6 Å². The summed E-state index contributed by atoms with van der Waals surface area (Å²) in [4.78, 5) is 14.3. The Bertz CT molecular complexity index is 1600. The summed E-state index contributed by atoms with van der Waals surface area (Å²) in [6.07, 6.45) is 10.2. The maximum absolute atomic E-state index is 14.3. The quantitative estimate of drug-likeness (QED) is 0.136. The number of allylic oxidation sites excluding steroid dienone is 2. The van der Waals surface area contributed by atoms with Gasteiger partial charge in [0.05, 0.1) is 26.3 Å². The number of rotatable bonds is 11. The van der Waals surface area contributed by atoms with Gasteiger partial charge in [0.2, 0.25) is 17.5 Å². The third-order valence-corrected chi connectivity index (χ3v) is 8.11. The van der Waals surface area contributed by atoms with Gasteiger partial charge in [-0.3, -0.25) is 13.9 Å². The Morgan fingerprint density at radius 1 is 0.674 bits per heavy atom. The third-order valence-electron chi connectivity index (χ3n) is 8.11. The van der Waals surface area contributed by atoms with Crippen molar-refractivity contribution in [2.75, 3.05) is 13.2 Å². The molecule has 4 aromatic rings. The van der Waals surface area contributed by atoms with Gasteiger partial charge in [-0.2, -0.15) is 0 Å². The number of aromatic hydroxyl groups is 4. The summed E-state index contributed by atoms with van der Waals surface area (Å²) < 4.78 is 15.5. The van der Waals surface area contributed by atoms with Crippen LogP contribution in [0.25, 0.3) is 12.2 Å². The first-order valence-corrected chi connectivity index (χ1v) is 14.5. The zero-order chi connectivity index (χ0) is 30.0. The van der Waals surface area contributed by atoms with Crippen LogP contribution in [0.5, 0.6) is 23.5 Å². The van der Waals surface area contributed by atoms with Crippen LogP contribution in [0.3, 0.4) is 0 Å². The van der Waals surface area contributed by atoms with Crippen LogP contribution < -0.4 is 0 Å². The number of fused-ring (bicyclic) bond motifs is 2. The minimum atomic E-state index is -1.90. The van der Waals surface area contributed by atoms with Crippen LogP contribution in [-0.2, 0) is 41.2 Å². The molecule has 0 spiro atoms. The van der Waals surface area contributed by atoms with E-state index in [1.165, 1.54) is 9.13 Å². The minimum absolute atomic E-state index is 0.0300. The Hall–Kier alpha value is -4.73. The fourth-order valence-electron chi connectivity index (χ4n) is 5.92. The predicted octanol–water partition coefficient (Wildman–Crippen LogP) is 5.50. The van der Waals surface area contributed by atoms with Crippen LogP contribution >= 0.6 is 0 Å². The van der Waals surface area contributed by atoms with Crippen molar-refractivity contribution < 1.29 is 34.7 Å². The topological polar surface area (TPSA) is 126 Å². The van der Waals surface area contributed by atoms with Crippen LogP contribution in [-0.4, -0.2) is 48.6 Å². The van der Waals surface area contributed by atoms with Crippen molar-refractivity contribution in [2.45, 2.75) is 44.6 Å². The molecule has 9 nitrogen and oxygen atoms in total. The molecule has 2 aromatic carbocycles. The van der Waals surface area contributed by atoms with Crippen LogP contribution in [0.1, 0.15) is 51.0 Å². The van der Waals surface area contributed by atoms with Crippen molar-refractivity contribution in [3.05, 3.63) is 106 Å². The summed E-state index contributed by atoms with van der Waals surface area (Å²) in [5, 5.41) is 43.3. The van der Waals surface area contributed by atoms with E-state index in [-0.39, 0.29) is 49.8 Å². The molecule has 0 radical (unpaired) electrons. The maximum atomic E-state index is 14.3. The van der Waals surface area contributed by atoms with E-state index >= 15 is 0 Å². The first kappa shape index (κ1) is 28.4. The number of Topliss-reactive ketones (excluding diaryl/α,β-unsaturated/α-hetero) is 1. The van der Waals surface area contributed by atoms with E-state index in [2.05, 4.69) is 0 Å². The van der Waals surface area contributed by atoms with Crippen LogP contribution in [0, 0.1) is 0 Å². The number of hydrogen-bond acceptors (Lipinski definition) is 7. The highest BCUT2D eigenvalue weighted by atomic mass is 16.7. The fraction of sp³-hybridized carbons (Fsp3) is 0.265. The molecule has 0 bridgehead atoms. The summed E-state index contributed by atoms with van der Waals surface area (Å²) >= 11 is 0. The molecule has 4 N–H and O–H groups in total. The van der Waals surface area contributed by atoms with E-state index in [9.17, 15) is 25.2 Å². The molecule has 6 rings (SSSR count). The van der Waals surface area contributed by atoms with Gasteiger partial charge in [-0.25, -0.2) is 0 Å². The molecule has 9 heteroatoms. The Morgan fingerprint density at radius 2 is 1.14 bits per heavy atom. The predicted molar refractivity (Wildman–Crippen MR) is 161 cm³/mol. The number of ketones is 1. The fourth-order valence-corrected chi connectivity index (χ4v) is 5.92. The highest BCUT2D eigenvalue weighted by molar-refractivity contribution is 6.02. The van der Waals surface area contributed by atoms with E-state index in [0.717, 1.165) is 12.8 Å². The van der Waals surface area contributed by atoms with Crippen LogP contribution in [0.15, 0.2) is 72.8 Å². The number of hydrogen-bond donors (Lipinski definition) is 4. The molecular formula is C34H34N2O7. The van der Waals surface area contributed by atoms with Gasteiger partial charge in [0.15, 0.2) is 11.8 Å². The third kappa shape index (κ3) is 5.11. The normalized spacial score (nSPS) is 14.0. The van der Waals surface area contributed by atoms with Crippen molar-refractivity contribution in [3.8, 4) is 23.5 Å². The van der Waals surface area contributed by atoms with Gasteiger partial charge in [-0.05, 0) is 25.7 Å². The number of benzene rings is 2. The zero-order valence-electron chi connectivity index (χ0n) is 23.6. The van der Waals surface area contributed by atoms with Gasteiger partial charge in [0, 0.05) is 33.4 Å². The number of carbonyl (C=O) groups is 1. The standard InChI is InChI=1S/C34H34N2O7/c37-29(23-11-3-1-4-12-23)34(24-13-5-2-6-14-24,42-21-19-35-30(38)25-15-7-8-16-26(25)31(35)39)43-22-20-36-32(40)27-17-9-10-18-28(27)33(36)41/h1-7,9,11-15,17,38-41H,8,10,16,18-22H2. The number of aromatic nitrogens is 2. The molecule has 2 aromatic heterocycles. The van der Waals surface area contributed by atoms with E-state index in [0.29, 0.717) is 46.2 Å². The van der Waals surface area contributed by atoms with Crippen molar-refractivity contribution >= 4 is 17.9 Å². The van der Waals surface area contributed by atoms with Crippen molar-refractivity contribution in [3.63, 3.8) is 0 Å². The molecule has 2 heterocycles. The van der Waals surface area contributed by atoms with Crippen molar-refractivity contribution in [1.29, 1.82) is 0 Å². The molecule has 2 aliphatic rings. The lowest BCUT2D eigenvalue weighted by atomic mass is 9.95. The number of carbonyl (C=O) groups excluding carboxylic acids is 1. The summed E-state index contributed by atoms with van der Waals surface area (Å²) in [6, 6.07) is 17.5. The Labute approximate surface area is 249 Å².